The number of fused-ring (bicyclic) bond motifs is 6. The van der Waals surface area contributed by atoms with Gasteiger partial charge in [-0.05, 0) is 74.3 Å². The van der Waals surface area contributed by atoms with E-state index in [0.29, 0.717) is 58.2 Å². The number of aliphatic hydroxyl groups is 3. The minimum Gasteiger partial charge on any atom is -0.468 e. The Balaban J connectivity index is 1.33. The van der Waals surface area contributed by atoms with Crippen LogP contribution in [0, 0.1) is 22.7 Å². The minimum atomic E-state index is -2.27. The summed E-state index contributed by atoms with van der Waals surface area (Å²) < 4.78 is 17.8. The predicted molar refractivity (Wildman–Crippen MR) is 209 cm³/mol. The zero-order chi connectivity index (χ0) is 39.6. The van der Waals surface area contributed by atoms with E-state index in [1.54, 1.807) is 7.11 Å². The summed E-state index contributed by atoms with van der Waals surface area (Å²) in [5.74, 6) is -1.86. The van der Waals surface area contributed by atoms with Gasteiger partial charge in [0.15, 0.2) is 0 Å². The molecular formula is C44H58N4O8. The number of carbonyl (C=O) groups excluding carboxylic acids is 2. The van der Waals surface area contributed by atoms with E-state index >= 15 is 4.79 Å². The van der Waals surface area contributed by atoms with Gasteiger partial charge in [0.1, 0.15) is 11.5 Å². The number of H-pyrrole nitrogens is 1. The lowest BCUT2D eigenvalue weighted by atomic mass is 9.47. The van der Waals surface area contributed by atoms with Crippen molar-refractivity contribution >= 4 is 22.8 Å². The Bertz CT molecular complexity index is 2040. The summed E-state index contributed by atoms with van der Waals surface area (Å²) in [6.07, 6.45) is 9.69. The van der Waals surface area contributed by atoms with E-state index in [4.69, 9.17) is 14.2 Å². The molecule has 302 valence electrons. The molecule has 1 aromatic heterocycles. The van der Waals surface area contributed by atoms with Crippen LogP contribution in [0.3, 0.4) is 0 Å². The molecule has 4 fully saturated rings. The van der Waals surface area contributed by atoms with Gasteiger partial charge in [0.25, 0.3) is 0 Å². The number of ether oxygens (including phenoxy) is 3. The molecule has 12 heteroatoms. The molecule has 5 aliphatic heterocycles. The third-order valence-corrected chi connectivity index (χ3v) is 15.8. The summed E-state index contributed by atoms with van der Waals surface area (Å²) in [5, 5.41) is 38.4. The number of aliphatic hydroxyl groups excluding tert-OH is 1. The van der Waals surface area contributed by atoms with Crippen LogP contribution in [0.15, 0.2) is 59.8 Å². The summed E-state index contributed by atoms with van der Waals surface area (Å²) in [4.78, 5) is 39.9. The fourth-order valence-electron chi connectivity index (χ4n) is 13.6. The second kappa shape index (κ2) is 13.0. The Hall–Kier alpha value is -3.52. The average molecular weight is 771 g/mol. The Morgan fingerprint density at radius 2 is 1.75 bits per heavy atom. The van der Waals surface area contributed by atoms with Crippen molar-refractivity contribution in [3.8, 4) is 0 Å². The first-order valence-corrected chi connectivity index (χ1v) is 20.6. The lowest BCUT2D eigenvalue weighted by Crippen LogP contribution is -2.79. The van der Waals surface area contributed by atoms with Gasteiger partial charge in [-0.2, -0.15) is 0 Å². The van der Waals surface area contributed by atoms with E-state index in [2.05, 4.69) is 45.1 Å². The zero-order valence-electron chi connectivity index (χ0n) is 33.6. The quantitative estimate of drug-likeness (QED) is 0.254. The van der Waals surface area contributed by atoms with Crippen molar-refractivity contribution < 1.29 is 39.1 Å². The molecule has 12 atom stereocenters. The van der Waals surface area contributed by atoms with Gasteiger partial charge in [0.05, 0.1) is 32.0 Å². The average Bonchev–Trinajstić information content (AvgIpc) is 3.87. The summed E-state index contributed by atoms with van der Waals surface area (Å²) in [5.41, 5.74) is -1.63. The first-order valence-electron chi connectivity index (χ1n) is 20.6. The number of rotatable bonds is 6. The van der Waals surface area contributed by atoms with Crippen LogP contribution < -0.4 is 0 Å². The number of nitrogens with zero attached hydrogens (tertiary/aromatic N) is 3. The highest BCUT2D eigenvalue weighted by molar-refractivity contribution is 5.91. The molecule has 3 saturated heterocycles. The zero-order valence-corrected chi connectivity index (χ0v) is 33.6. The van der Waals surface area contributed by atoms with Crippen LogP contribution in [0.25, 0.3) is 10.9 Å². The Kier molecular flexibility index (Phi) is 8.82. The highest BCUT2D eigenvalue weighted by atomic mass is 16.5. The van der Waals surface area contributed by atoms with Crippen molar-refractivity contribution in [3.05, 3.63) is 71.1 Å². The van der Waals surface area contributed by atoms with Crippen molar-refractivity contribution in [2.45, 2.75) is 93.3 Å². The van der Waals surface area contributed by atoms with Crippen LogP contribution in [-0.4, -0.2) is 144 Å². The molecule has 2 aromatic rings. The normalized spacial score (nSPS) is 42.7. The number of aromatic amines is 1. The molecule has 0 amide bonds. The number of hydrogen-bond donors (Lipinski definition) is 4. The number of hydrogen-bond acceptors (Lipinski definition) is 11. The molecule has 1 aromatic carbocycles. The van der Waals surface area contributed by atoms with Gasteiger partial charge in [0.2, 0.25) is 5.60 Å². The first-order chi connectivity index (χ1) is 26.8. The van der Waals surface area contributed by atoms with Crippen LogP contribution in [0.5, 0.6) is 0 Å². The molecule has 1 spiro atoms. The van der Waals surface area contributed by atoms with E-state index in [9.17, 15) is 20.1 Å². The number of nitrogens with one attached hydrogen (secondary N) is 1. The van der Waals surface area contributed by atoms with Crippen LogP contribution in [0.1, 0.15) is 57.2 Å². The molecule has 4 N–H and O–H groups in total. The van der Waals surface area contributed by atoms with Gasteiger partial charge < -0.3 is 39.4 Å². The number of carbonyl (C=O) groups is 2. The van der Waals surface area contributed by atoms with E-state index in [1.807, 2.05) is 44.0 Å². The van der Waals surface area contributed by atoms with Gasteiger partial charge in [0, 0.05) is 85.4 Å². The largest absolute Gasteiger partial charge is 0.468 e. The molecule has 12 nitrogen and oxygen atoms in total. The maximum atomic E-state index is 15.3. The molecule has 3 unspecified atom stereocenters. The highest BCUT2D eigenvalue weighted by Crippen LogP contribution is 2.70. The number of methoxy groups -OCH3 is 3. The van der Waals surface area contributed by atoms with Gasteiger partial charge >= 0.3 is 11.9 Å². The lowest BCUT2D eigenvalue weighted by Gasteiger charge is -2.62. The smallest absolute Gasteiger partial charge is 0.342 e. The van der Waals surface area contributed by atoms with E-state index in [0.717, 1.165) is 46.5 Å². The topological polar surface area (TPSA) is 148 Å². The molecule has 9 rings (SSSR count). The number of benzene rings is 1. The maximum Gasteiger partial charge on any atom is 0.342 e. The second-order valence-corrected chi connectivity index (χ2v) is 18.0. The molecule has 56 heavy (non-hydrogen) atoms. The fourth-order valence-corrected chi connectivity index (χ4v) is 13.6. The van der Waals surface area contributed by atoms with E-state index in [-0.39, 0.29) is 17.9 Å². The molecule has 7 aliphatic rings. The monoisotopic (exact) mass is 770 g/mol. The van der Waals surface area contributed by atoms with Gasteiger partial charge in [-0.3, -0.25) is 14.6 Å². The fraction of sp³-hybridized carbons (Fsp3) is 0.636. The van der Waals surface area contributed by atoms with E-state index in [1.165, 1.54) is 14.2 Å². The third kappa shape index (κ3) is 4.68. The first kappa shape index (κ1) is 38.0. The number of aromatic nitrogens is 1. The number of likely N-dealkylation sites (N-methyl/N-ethyl adjacent to an activating group) is 1. The second-order valence-electron chi connectivity index (χ2n) is 18.0. The summed E-state index contributed by atoms with van der Waals surface area (Å²) in [6.45, 7) is 7.51. The molecule has 2 aliphatic carbocycles. The maximum absolute atomic E-state index is 15.3. The van der Waals surface area contributed by atoms with Crippen LogP contribution in [0.2, 0.25) is 0 Å². The SMILES string of the molecule is CC[C@]1(O)C[C@@H]2CN(CCc3c([nH]c4ccccc34)[C@@](C(=O)OC)(C3C=C4C(=CC3OC)N(C)[C@H]3[C@@](O)(C(=O)OC)[C@H](O)[C@]5(CC)C=CCN6CC[C@]43[C@@H]65)C2)C1. The van der Waals surface area contributed by atoms with Crippen LogP contribution in [0.4, 0.5) is 0 Å². The summed E-state index contributed by atoms with van der Waals surface area (Å²) in [7, 11) is 6.28. The highest BCUT2D eigenvalue weighted by Gasteiger charge is 2.80. The van der Waals surface area contributed by atoms with Gasteiger partial charge in [-0.15, -0.1) is 0 Å². The predicted octanol–water partition coefficient (Wildman–Crippen LogP) is 3.06. The van der Waals surface area contributed by atoms with Crippen molar-refractivity contribution in [1.29, 1.82) is 0 Å². The number of piperidine rings is 1. The Labute approximate surface area is 329 Å². The van der Waals surface area contributed by atoms with Crippen molar-refractivity contribution in [1.82, 2.24) is 19.7 Å². The minimum absolute atomic E-state index is 0.0453. The Morgan fingerprint density at radius 3 is 2.46 bits per heavy atom. The molecular weight excluding hydrogens is 713 g/mol. The van der Waals surface area contributed by atoms with Crippen molar-refractivity contribution in [2.75, 3.05) is 61.1 Å². The van der Waals surface area contributed by atoms with Crippen molar-refractivity contribution in [3.63, 3.8) is 0 Å². The van der Waals surface area contributed by atoms with E-state index < -0.39 is 57.6 Å². The molecule has 0 radical (unpaired) electrons. The molecule has 1 saturated carbocycles. The molecule has 6 heterocycles. The Morgan fingerprint density at radius 1 is 0.982 bits per heavy atom. The van der Waals surface area contributed by atoms with Crippen LogP contribution >= 0.6 is 0 Å². The number of allylic oxidation sites excluding steroid dienone is 1. The summed E-state index contributed by atoms with van der Waals surface area (Å²) >= 11 is 0. The van der Waals surface area contributed by atoms with Crippen LogP contribution in [-0.2, 0) is 35.6 Å². The van der Waals surface area contributed by atoms with Crippen molar-refractivity contribution in [2.24, 2.45) is 22.7 Å². The standard InChI is InChI=1S/C44H58N4O8/c1-7-40(52)22-26-23-43(38(50)55-5,34-28(14-18-47(24-26)25-40)27-12-9-10-13-31(27)45-34)30-20-29-32(21-33(30)54-4)46(3)36-42(29)16-19-48-17-11-15-41(8-2,35(42)48)37(49)44(36,53)39(51)56-6/h9-13,15,20-21,26,30,33,35-37,45,49,52-53H,7-8,14,16-19,22-25H2,1-6H3/t26-,30?,33?,35-,36+,37+,40-,41+,42+,43-,44-/m0/s1. The number of esters is 2. The van der Waals surface area contributed by atoms with Gasteiger partial charge in [-0.1, -0.05) is 50.3 Å². The third-order valence-electron chi connectivity index (χ3n) is 15.8. The number of likely N-dealkylation sites (tertiary alicyclic amines) is 1. The molecule has 2 bridgehead atoms. The summed E-state index contributed by atoms with van der Waals surface area (Å²) in [6, 6.07) is 7.10. The number of para-hydroxylation sites is 1. The van der Waals surface area contributed by atoms with Gasteiger partial charge in [-0.25, -0.2) is 4.79 Å². The lowest BCUT2D eigenvalue weighted by molar-refractivity contribution is -0.235.